The van der Waals surface area contributed by atoms with Crippen LogP contribution in [0.1, 0.15) is 23.7 Å². The van der Waals surface area contributed by atoms with Crippen molar-refractivity contribution >= 4 is 11.4 Å². The van der Waals surface area contributed by atoms with Gasteiger partial charge in [0.05, 0.1) is 17.7 Å². The first kappa shape index (κ1) is 14.1. The van der Waals surface area contributed by atoms with Gasteiger partial charge in [0, 0.05) is 18.6 Å². The topological polar surface area (TPSA) is 74.0 Å². The molecule has 1 heterocycles. The van der Waals surface area contributed by atoms with E-state index in [1.54, 1.807) is 19.2 Å². The zero-order valence-corrected chi connectivity index (χ0v) is 11.9. The van der Waals surface area contributed by atoms with Crippen molar-refractivity contribution in [1.29, 1.82) is 0 Å². The van der Waals surface area contributed by atoms with Gasteiger partial charge in [-0.3, -0.25) is 10.1 Å². The van der Waals surface area contributed by atoms with Crippen LogP contribution in [0, 0.1) is 10.1 Å². The molecule has 2 aromatic carbocycles. The van der Waals surface area contributed by atoms with Gasteiger partial charge in [0.1, 0.15) is 5.75 Å². The summed E-state index contributed by atoms with van der Waals surface area (Å²) in [6.45, 7) is 0. The number of methoxy groups -OCH3 is 1. The van der Waals surface area contributed by atoms with E-state index in [1.807, 2.05) is 24.3 Å². The molecule has 0 radical (unpaired) electrons. The van der Waals surface area contributed by atoms with Crippen LogP contribution >= 0.6 is 0 Å². The molecule has 0 spiro atoms. The number of non-ortho nitro benzene ring substituents is 1. The summed E-state index contributed by atoms with van der Waals surface area (Å²) in [7, 11) is 1.62. The van der Waals surface area contributed by atoms with Crippen LogP contribution in [0.15, 0.2) is 53.7 Å². The number of hydrogen-bond acceptors (Lipinski definition) is 5. The summed E-state index contributed by atoms with van der Waals surface area (Å²) in [4.78, 5) is 15.7. The first-order chi connectivity index (χ1) is 10.7. The first-order valence-electron chi connectivity index (χ1n) is 6.79. The predicted octanol–water partition coefficient (Wildman–Crippen LogP) is 3.47. The summed E-state index contributed by atoms with van der Waals surface area (Å²) in [6, 6.07) is 14.0. The molecule has 112 valence electrons. The zero-order valence-electron chi connectivity index (χ0n) is 11.9. The highest BCUT2D eigenvalue weighted by Gasteiger charge is 2.24. The molecule has 1 aliphatic rings. The van der Waals surface area contributed by atoms with Crippen LogP contribution in [0.5, 0.6) is 5.75 Å². The molecule has 1 atom stereocenters. The summed E-state index contributed by atoms with van der Waals surface area (Å²) < 4.78 is 5.20. The Morgan fingerprint density at radius 1 is 1.27 bits per heavy atom. The van der Waals surface area contributed by atoms with Crippen LogP contribution in [0.2, 0.25) is 0 Å². The number of hydrogen-bond donors (Lipinski definition) is 0. The summed E-state index contributed by atoms with van der Waals surface area (Å²) >= 11 is 0. The van der Waals surface area contributed by atoms with E-state index in [4.69, 9.17) is 9.57 Å². The maximum Gasteiger partial charge on any atom is 0.269 e. The lowest BCUT2D eigenvalue weighted by Gasteiger charge is -2.09. The molecule has 0 fully saturated rings. The average molecular weight is 298 g/mol. The van der Waals surface area contributed by atoms with Crippen molar-refractivity contribution in [3.8, 4) is 5.75 Å². The molecule has 1 unspecified atom stereocenters. The van der Waals surface area contributed by atoms with Gasteiger partial charge in [-0.25, -0.2) is 0 Å². The Hall–Kier alpha value is -2.89. The molecule has 6 nitrogen and oxygen atoms in total. The number of nitro groups is 1. The molecule has 22 heavy (non-hydrogen) atoms. The first-order valence-corrected chi connectivity index (χ1v) is 6.79. The fraction of sp³-hybridized carbons (Fsp3) is 0.188. The molecule has 0 aromatic heterocycles. The summed E-state index contributed by atoms with van der Waals surface area (Å²) in [5.41, 5.74) is 2.66. The van der Waals surface area contributed by atoms with Gasteiger partial charge in [-0.1, -0.05) is 17.3 Å². The Labute approximate surface area is 127 Å². The second-order valence-corrected chi connectivity index (χ2v) is 4.92. The Balaban J connectivity index is 1.74. The SMILES string of the molecule is COc1cccc(C2CC(c3ccc([N+](=O)[O-])cc3)=NO2)c1. The third-order valence-corrected chi connectivity index (χ3v) is 3.55. The highest BCUT2D eigenvalue weighted by Crippen LogP contribution is 2.31. The second-order valence-electron chi connectivity index (χ2n) is 4.92. The minimum absolute atomic E-state index is 0.0626. The molecule has 1 aliphatic heterocycles. The maximum atomic E-state index is 10.7. The lowest BCUT2D eigenvalue weighted by atomic mass is 10.00. The molecule has 0 aliphatic carbocycles. The molecular weight excluding hydrogens is 284 g/mol. The number of benzene rings is 2. The fourth-order valence-electron chi connectivity index (χ4n) is 2.34. The van der Waals surface area contributed by atoms with E-state index in [-0.39, 0.29) is 11.8 Å². The van der Waals surface area contributed by atoms with E-state index in [9.17, 15) is 10.1 Å². The minimum Gasteiger partial charge on any atom is -0.497 e. The van der Waals surface area contributed by atoms with E-state index in [0.29, 0.717) is 6.42 Å². The van der Waals surface area contributed by atoms with Crippen molar-refractivity contribution in [3.05, 3.63) is 69.8 Å². The standard InChI is InChI=1S/C16H14N2O4/c1-21-14-4-2-3-12(9-14)16-10-15(17-22-16)11-5-7-13(8-6-11)18(19)20/h2-9,16H,10H2,1H3. The van der Waals surface area contributed by atoms with Gasteiger partial charge in [0.15, 0.2) is 6.10 Å². The smallest absolute Gasteiger partial charge is 0.269 e. The molecule has 2 aromatic rings. The molecule has 0 amide bonds. The largest absolute Gasteiger partial charge is 0.497 e. The molecule has 3 rings (SSSR count). The maximum absolute atomic E-state index is 10.7. The molecule has 0 N–H and O–H groups in total. The summed E-state index contributed by atoms with van der Waals surface area (Å²) in [5, 5.41) is 14.8. The van der Waals surface area contributed by atoms with E-state index in [1.165, 1.54) is 12.1 Å². The fourth-order valence-corrected chi connectivity index (χ4v) is 2.34. The molecule has 0 bridgehead atoms. The number of oxime groups is 1. The van der Waals surface area contributed by atoms with Gasteiger partial charge < -0.3 is 9.57 Å². The quantitative estimate of drug-likeness (QED) is 0.640. The lowest BCUT2D eigenvalue weighted by Crippen LogP contribution is -2.02. The Morgan fingerprint density at radius 2 is 2.05 bits per heavy atom. The van der Waals surface area contributed by atoms with Gasteiger partial charge in [-0.2, -0.15) is 0 Å². The van der Waals surface area contributed by atoms with Crippen molar-refractivity contribution in [1.82, 2.24) is 0 Å². The van der Waals surface area contributed by atoms with Gasteiger partial charge in [-0.05, 0) is 35.4 Å². The Kier molecular flexibility index (Phi) is 3.74. The third-order valence-electron chi connectivity index (χ3n) is 3.55. The molecular formula is C16H14N2O4. The molecule has 6 heteroatoms. The van der Waals surface area contributed by atoms with Crippen molar-refractivity contribution in [3.63, 3.8) is 0 Å². The Morgan fingerprint density at radius 3 is 2.73 bits per heavy atom. The summed E-state index contributed by atoms with van der Waals surface area (Å²) in [5.74, 6) is 0.768. The van der Waals surface area contributed by atoms with Gasteiger partial charge in [-0.15, -0.1) is 0 Å². The normalized spacial score (nSPS) is 16.8. The third kappa shape index (κ3) is 2.76. The van der Waals surface area contributed by atoms with Crippen LogP contribution in [0.4, 0.5) is 5.69 Å². The highest BCUT2D eigenvalue weighted by molar-refractivity contribution is 6.01. The summed E-state index contributed by atoms with van der Waals surface area (Å²) in [6.07, 6.45) is 0.450. The van der Waals surface area contributed by atoms with Gasteiger partial charge in [0.2, 0.25) is 0 Å². The lowest BCUT2D eigenvalue weighted by molar-refractivity contribution is -0.384. The highest BCUT2D eigenvalue weighted by atomic mass is 16.6. The Bertz CT molecular complexity index is 725. The van der Waals surface area contributed by atoms with Crippen LogP contribution < -0.4 is 4.74 Å². The van der Waals surface area contributed by atoms with Crippen LogP contribution in [-0.4, -0.2) is 17.7 Å². The zero-order chi connectivity index (χ0) is 15.5. The number of nitro benzene ring substituents is 1. The molecule has 0 saturated carbocycles. The average Bonchev–Trinajstić information content (AvgIpc) is 3.05. The van der Waals surface area contributed by atoms with E-state index >= 15 is 0 Å². The van der Waals surface area contributed by atoms with Crippen molar-refractivity contribution in [2.24, 2.45) is 5.16 Å². The molecule has 0 saturated heterocycles. The second kappa shape index (κ2) is 5.85. The number of nitrogens with zero attached hydrogens (tertiary/aromatic N) is 2. The monoisotopic (exact) mass is 298 g/mol. The van der Waals surface area contributed by atoms with E-state index in [0.717, 1.165) is 22.6 Å². The van der Waals surface area contributed by atoms with Crippen LogP contribution in [-0.2, 0) is 4.84 Å². The van der Waals surface area contributed by atoms with Gasteiger partial charge in [0.25, 0.3) is 5.69 Å². The number of rotatable bonds is 4. The van der Waals surface area contributed by atoms with Crippen LogP contribution in [0.25, 0.3) is 0 Å². The minimum atomic E-state index is -0.421. The van der Waals surface area contributed by atoms with Crippen molar-refractivity contribution in [2.45, 2.75) is 12.5 Å². The van der Waals surface area contributed by atoms with Crippen molar-refractivity contribution in [2.75, 3.05) is 7.11 Å². The van der Waals surface area contributed by atoms with Crippen LogP contribution in [0.3, 0.4) is 0 Å². The van der Waals surface area contributed by atoms with E-state index < -0.39 is 4.92 Å². The van der Waals surface area contributed by atoms with E-state index in [2.05, 4.69) is 5.16 Å². The predicted molar refractivity (Wildman–Crippen MR) is 81.1 cm³/mol. The number of ether oxygens (including phenoxy) is 1. The van der Waals surface area contributed by atoms with Gasteiger partial charge >= 0.3 is 0 Å². The van der Waals surface area contributed by atoms with Crippen molar-refractivity contribution < 1.29 is 14.5 Å².